The van der Waals surface area contributed by atoms with E-state index in [-0.39, 0.29) is 48.0 Å². The number of aliphatic imine (C=N–C) groups is 1. The van der Waals surface area contributed by atoms with Crippen molar-refractivity contribution in [2.24, 2.45) is 4.99 Å². The van der Waals surface area contributed by atoms with E-state index in [1.807, 2.05) is 0 Å². The van der Waals surface area contributed by atoms with E-state index in [9.17, 15) is 17.2 Å². The van der Waals surface area contributed by atoms with Crippen LogP contribution in [0.1, 0.15) is 13.3 Å². The number of guanidine groups is 1. The number of nitrogens with one attached hydrogen (secondary N) is 3. The molecule has 27 heavy (non-hydrogen) atoms. The third-order valence-electron chi connectivity index (χ3n) is 4.13. The summed E-state index contributed by atoms with van der Waals surface area (Å²) in [5.74, 6) is -0.598. The van der Waals surface area contributed by atoms with Gasteiger partial charge in [0.05, 0.1) is 5.75 Å². The van der Waals surface area contributed by atoms with Crippen LogP contribution in [0.3, 0.4) is 0 Å². The molecule has 1 fully saturated rings. The summed E-state index contributed by atoms with van der Waals surface area (Å²) in [6.07, 6.45) is 0.705. The predicted octanol–water partition coefficient (Wildman–Crippen LogP) is 1.27. The van der Waals surface area contributed by atoms with Crippen LogP contribution in [-0.2, 0) is 10.0 Å². The number of rotatable bonds is 7. The normalized spacial score (nSPS) is 17.6. The number of benzene rings is 1. The van der Waals surface area contributed by atoms with Crippen LogP contribution in [0.15, 0.2) is 23.2 Å². The van der Waals surface area contributed by atoms with Crippen LogP contribution in [0.25, 0.3) is 0 Å². The summed E-state index contributed by atoms with van der Waals surface area (Å²) >= 11 is 0. The van der Waals surface area contributed by atoms with Crippen molar-refractivity contribution in [3.05, 3.63) is 29.8 Å². The van der Waals surface area contributed by atoms with Crippen molar-refractivity contribution in [3.8, 4) is 0 Å². The van der Waals surface area contributed by atoms with Gasteiger partial charge in [0.25, 0.3) is 0 Å². The van der Waals surface area contributed by atoms with Gasteiger partial charge < -0.3 is 15.5 Å². The van der Waals surface area contributed by atoms with Crippen molar-refractivity contribution in [1.82, 2.24) is 15.4 Å². The molecular weight excluding hydrogens is 491 g/mol. The van der Waals surface area contributed by atoms with Gasteiger partial charge in [-0.15, -0.1) is 24.0 Å². The lowest BCUT2D eigenvalue weighted by molar-refractivity contribution is 0.574. The van der Waals surface area contributed by atoms with Gasteiger partial charge in [-0.3, -0.25) is 4.99 Å². The number of anilines is 1. The predicted molar refractivity (Wildman–Crippen MR) is 114 cm³/mol. The van der Waals surface area contributed by atoms with Crippen LogP contribution >= 0.6 is 24.0 Å². The lowest BCUT2D eigenvalue weighted by Crippen LogP contribution is -2.46. The first kappa shape index (κ1) is 23.8. The van der Waals surface area contributed by atoms with Gasteiger partial charge in [-0.05, 0) is 25.5 Å². The van der Waals surface area contributed by atoms with Crippen LogP contribution in [0.2, 0.25) is 0 Å². The fraction of sp³-hybridized carbons (Fsp3) is 0.562. The number of nitrogens with zero attached hydrogens (tertiary/aromatic N) is 2. The molecule has 11 heteroatoms. The molecule has 0 radical (unpaired) electrons. The number of hydrogen-bond acceptors (Lipinski definition) is 4. The van der Waals surface area contributed by atoms with E-state index in [1.165, 1.54) is 18.2 Å². The molecule has 0 spiro atoms. The van der Waals surface area contributed by atoms with Crippen molar-refractivity contribution >= 4 is 45.6 Å². The topological polar surface area (TPSA) is 85.8 Å². The SMILES string of the molecule is CCS(=O)(=O)NCCNC(=NC)NC1CCN(c2c(F)cccc2F)C1.I. The van der Waals surface area contributed by atoms with Crippen LogP contribution in [0, 0.1) is 11.6 Å². The Kier molecular flexibility index (Phi) is 9.67. The highest BCUT2D eigenvalue weighted by atomic mass is 127. The molecule has 1 aromatic carbocycles. The van der Waals surface area contributed by atoms with Crippen molar-refractivity contribution in [2.75, 3.05) is 43.9 Å². The monoisotopic (exact) mass is 517 g/mol. The lowest BCUT2D eigenvalue weighted by Gasteiger charge is -2.21. The van der Waals surface area contributed by atoms with E-state index < -0.39 is 21.7 Å². The Bertz CT molecular complexity index is 728. The lowest BCUT2D eigenvalue weighted by atomic mass is 10.2. The number of para-hydroxylation sites is 1. The molecule has 0 amide bonds. The van der Waals surface area contributed by atoms with E-state index in [1.54, 1.807) is 18.9 Å². The summed E-state index contributed by atoms with van der Waals surface area (Å²) in [4.78, 5) is 5.76. The fourth-order valence-electron chi connectivity index (χ4n) is 2.75. The molecule has 0 saturated carbocycles. The Balaban J connectivity index is 0.00000364. The van der Waals surface area contributed by atoms with Gasteiger partial charge in [0.2, 0.25) is 10.0 Å². The molecule has 7 nitrogen and oxygen atoms in total. The molecule has 1 aliphatic heterocycles. The van der Waals surface area contributed by atoms with Gasteiger partial charge in [-0.1, -0.05) is 6.07 Å². The molecule has 1 unspecified atom stereocenters. The van der Waals surface area contributed by atoms with Gasteiger partial charge in [0.1, 0.15) is 17.3 Å². The molecule has 3 N–H and O–H groups in total. The zero-order valence-corrected chi connectivity index (χ0v) is 18.5. The third-order valence-corrected chi connectivity index (χ3v) is 5.53. The summed E-state index contributed by atoms with van der Waals surface area (Å²) in [6.45, 7) is 3.16. The van der Waals surface area contributed by atoms with Gasteiger partial charge >= 0.3 is 0 Å². The highest BCUT2D eigenvalue weighted by Gasteiger charge is 2.27. The van der Waals surface area contributed by atoms with E-state index in [0.717, 1.165) is 0 Å². The van der Waals surface area contributed by atoms with Crippen LogP contribution in [0.5, 0.6) is 0 Å². The highest BCUT2D eigenvalue weighted by Crippen LogP contribution is 2.26. The second kappa shape index (κ2) is 11.0. The van der Waals surface area contributed by atoms with E-state index in [0.29, 0.717) is 32.0 Å². The van der Waals surface area contributed by atoms with E-state index >= 15 is 0 Å². The van der Waals surface area contributed by atoms with E-state index in [4.69, 9.17) is 0 Å². The van der Waals surface area contributed by atoms with Gasteiger partial charge in [-0.25, -0.2) is 21.9 Å². The molecule has 0 bridgehead atoms. The van der Waals surface area contributed by atoms with Gasteiger partial charge in [0.15, 0.2) is 5.96 Å². The Morgan fingerprint density at radius 3 is 2.56 bits per heavy atom. The number of hydrogen-bond donors (Lipinski definition) is 3. The second-order valence-corrected chi connectivity index (χ2v) is 8.04. The molecule has 2 rings (SSSR count). The average Bonchev–Trinajstić information content (AvgIpc) is 3.05. The molecule has 1 atom stereocenters. The molecule has 0 aromatic heterocycles. The number of halogens is 3. The minimum Gasteiger partial charge on any atom is -0.365 e. The first-order valence-electron chi connectivity index (χ1n) is 8.49. The largest absolute Gasteiger partial charge is 0.365 e. The smallest absolute Gasteiger partial charge is 0.211 e. The fourth-order valence-corrected chi connectivity index (χ4v) is 3.37. The molecule has 154 valence electrons. The summed E-state index contributed by atoms with van der Waals surface area (Å²) in [5.41, 5.74) is -0.00582. The Labute approximate surface area is 176 Å². The minimum absolute atomic E-state index is 0. The summed E-state index contributed by atoms with van der Waals surface area (Å²) in [6, 6.07) is 3.82. The molecule has 1 heterocycles. The first-order chi connectivity index (χ1) is 12.4. The number of sulfonamides is 1. The van der Waals surface area contributed by atoms with Crippen molar-refractivity contribution in [2.45, 2.75) is 19.4 Å². The van der Waals surface area contributed by atoms with Gasteiger partial charge in [0, 0.05) is 39.3 Å². The molecule has 1 aliphatic rings. The third kappa shape index (κ3) is 7.03. The van der Waals surface area contributed by atoms with Crippen LogP contribution < -0.4 is 20.3 Å². The minimum atomic E-state index is -3.22. The highest BCUT2D eigenvalue weighted by molar-refractivity contribution is 14.0. The molecule has 1 saturated heterocycles. The quantitative estimate of drug-likeness (QED) is 0.220. The maximum absolute atomic E-state index is 13.9. The average molecular weight is 517 g/mol. The molecule has 0 aliphatic carbocycles. The van der Waals surface area contributed by atoms with E-state index in [2.05, 4.69) is 20.3 Å². The standard InChI is InChI=1S/C16H25F2N5O2S.HI/c1-3-26(24,25)21-9-8-20-16(19-2)22-12-7-10-23(11-12)15-13(17)5-4-6-14(15)18;/h4-6,12,21H,3,7-11H2,1-2H3,(H2,19,20,22);1H. The zero-order chi connectivity index (χ0) is 19.2. The van der Waals surface area contributed by atoms with Crippen LogP contribution in [-0.4, -0.2) is 59.4 Å². The van der Waals surface area contributed by atoms with Crippen LogP contribution in [0.4, 0.5) is 14.5 Å². The summed E-state index contributed by atoms with van der Waals surface area (Å²) in [7, 11) is -1.61. The Morgan fingerprint density at radius 1 is 1.30 bits per heavy atom. The van der Waals surface area contributed by atoms with Crippen molar-refractivity contribution < 1.29 is 17.2 Å². The molecule has 1 aromatic rings. The zero-order valence-electron chi connectivity index (χ0n) is 15.3. The summed E-state index contributed by atoms with van der Waals surface area (Å²) in [5, 5.41) is 6.21. The Morgan fingerprint density at radius 2 is 1.96 bits per heavy atom. The molecular formula is C16H26F2IN5O2S. The van der Waals surface area contributed by atoms with Crippen molar-refractivity contribution in [3.63, 3.8) is 0 Å². The van der Waals surface area contributed by atoms with Gasteiger partial charge in [-0.2, -0.15) is 0 Å². The maximum atomic E-state index is 13.9. The van der Waals surface area contributed by atoms with Crippen molar-refractivity contribution in [1.29, 1.82) is 0 Å². The second-order valence-electron chi connectivity index (χ2n) is 5.94. The summed E-state index contributed by atoms with van der Waals surface area (Å²) < 4.78 is 53.0. The Hall–Kier alpha value is -1.21. The first-order valence-corrected chi connectivity index (χ1v) is 10.1. The maximum Gasteiger partial charge on any atom is 0.211 e.